The third kappa shape index (κ3) is 3.39. The molecule has 0 aliphatic carbocycles. The van der Waals surface area contributed by atoms with E-state index in [1.165, 1.54) is 13.0 Å². The fraction of sp³-hybridized carbons (Fsp3) is 0.188. The van der Waals surface area contributed by atoms with Crippen LogP contribution < -0.4 is 5.32 Å². The number of nitrogens with one attached hydrogen (secondary N) is 1. The third-order valence-electron chi connectivity index (χ3n) is 3.17. The van der Waals surface area contributed by atoms with E-state index in [0.29, 0.717) is 0 Å². The minimum absolute atomic E-state index is 0.102. The maximum Gasteiger partial charge on any atom is 0.257 e. The molecule has 0 spiro atoms. The molecule has 1 atom stereocenters. The first-order chi connectivity index (χ1) is 10.0. The average molecular weight is 310 g/mol. The van der Waals surface area contributed by atoms with Crippen LogP contribution in [-0.4, -0.2) is 11.8 Å². The van der Waals surface area contributed by atoms with Crippen molar-refractivity contribution in [3.8, 4) is 0 Å². The summed E-state index contributed by atoms with van der Waals surface area (Å²) in [5.74, 6) is -2.46. The topological polar surface area (TPSA) is 29.1 Å². The predicted molar refractivity (Wildman–Crippen MR) is 78.5 cm³/mol. The number of carbonyl (C=O) groups excluding carboxylic acids is 1. The second-order valence-corrected chi connectivity index (χ2v) is 4.95. The van der Waals surface area contributed by atoms with Gasteiger partial charge in [-0.3, -0.25) is 4.79 Å². The molecule has 0 aliphatic rings. The van der Waals surface area contributed by atoms with Crippen molar-refractivity contribution in [1.29, 1.82) is 0 Å². The quantitative estimate of drug-likeness (QED) is 0.850. The van der Waals surface area contributed by atoms with Crippen molar-refractivity contribution in [2.24, 2.45) is 0 Å². The van der Waals surface area contributed by atoms with E-state index in [1.54, 1.807) is 24.3 Å². The Morgan fingerprint density at radius 3 is 2.48 bits per heavy atom. The van der Waals surface area contributed by atoms with Crippen LogP contribution in [0.2, 0.25) is 0 Å². The van der Waals surface area contributed by atoms with E-state index < -0.39 is 29.1 Å². The molecule has 2 aromatic rings. The summed E-state index contributed by atoms with van der Waals surface area (Å²) in [7, 11) is 0. The molecule has 0 fully saturated rings. The van der Waals surface area contributed by atoms with Crippen LogP contribution >= 0.6 is 11.6 Å². The average Bonchev–Trinajstić information content (AvgIpc) is 2.50. The Morgan fingerprint density at radius 1 is 1.19 bits per heavy atom. The standard InChI is InChI=1S/C16H14ClF2NO/c1-10-7-8-12(18)14(15(10)19)16(21)20-13(9-17)11-5-3-2-4-6-11/h2-8,13H,9H2,1H3,(H,20,21). The lowest BCUT2D eigenvalue weighted by atomic mass is 10.1. The Balaban J connectivity index is 2.27. The van der Waals surface area contributed by atoms with Crippen molar-refractivity contribution < 1.29 is 13.6 Å². The van der Waals surface area contributed by atoms with Crippen molar-refractivity contribution in [2.45, 2.75) is 13.0 Å². The van der Waals surface area contributed by atoms with Gasteiger partial charge in [-0.05, 0) is 24.1 Å². The van der Waals surface area contributed by atoms with Gasteiger partial charge < -0.3 is 5.32 Å². The summed E-state index contributed by atoms with van der Waals surface area (Å²) in [6.07, 6.45) is 0. The Bertz CT molecular complexity index is 646. The molecule has 0 aromatic heterocycles. The lowest BCUT2D eigenvalue weighted by molar-refractivity contribution is 0.0931. The van der Waals surface area contributed by atoms with Crippen LogP contribution in [-0.2, 0) is 0 Å². The molecule has 0 radical (unpaired) electrons. The molecule has 21 heavy (non-hydrogen) atoms. The zero-order chi connectivity index (χ0) is 15.4. The lowest BCUT2D eigenvalue weighted by Gasteiger charge is -2.17. The van der Waals surface area contributed by atoms with E-state index in [1.807, 2.05) is 6.07 Å². The number of rotatable bonds is 4. The van der Waals surface area contributed by atoms with Crippen molar-refractivity contribution in [3.63, 3.8) is 0 Å². The first kappa shape index (κ1) is 15.4. The highest BCUT2D eigenvalue weighted by Crippen LogP contribution is 2.19. The molecule has 0 heterocycles. The van der Waals surface area contributed by atoms with E-state index in [-0.39, 0.29) is 11.4 Å². The first-order valence-corrected chi connectivity index (χ1v) is 6.94. The highest BCUT2D eigenvalue weighted by Gasteiger charge is 2.22. The molecule has 1 N–H and O–H groups in total. The molecule has 1 unspecified atom stereocenters. The van der Waals surface area contributed by atoms with Gasteiger partial charge in [0.2, 0.25) is 0 Å². The van der Waals surface area contributed by atoms with Crippen LogP contribution in [0.3, 0.4) is 0 Å². The van der Waals surface area contributed by atoms with Crippen LogP contribution in [0.15, 0.2) is 42.5 Å². The van der Waals surface area contributed by atoms with Gasteiger partial charge in [0, 0.05) is 5.88 Å². The Labute approximate surface area is 126 Å². The van der Waals surface area contributed by atoms with Crippen LogP contribution in [0.25, 0.3) is 0 Å². The molecule has 0 saturated carbocycles. The normalized spacial score (nSPS) is 12.0. The van der Waals surface area contributed by atoms with E-state index in [4.69, 9.17) is 11.6 Å². The molecular weight excluding hydrogens is 296 g/mol. The minimum Gasteiger partial charge on any atom is -0.344 e. The van der Waals surface area contributed by atoms with E-state index in [0.717, 1.165) is 11.6 Å². The minimum atomic E-state index is -0.892. The van der Waals surface area contributed by atoms with Gasteiger partial charge in [0.1, 0.15) is 17.2 Å². The number of hydrogen-bond donors (Lipinski definition) is 1. The van der Waals surface area contributed by atoms with E-state index >= 15 is 0 Å². The molecule has 2 rings (SSSR count). The second kappa shape index (κ2) is 6.68. The zero-order valence-electron chi connectivity index (χ0n) is 11.4. The molecule has 0 bridgehead atoms. The molecule has 1 amide bonds. The van der Waals surface area contributed by atoms with Gasteiger partial charge in [-0.1, -0.05) is 36.4 Å². The van der Waals surface area contributed by atoms with Crippen LogP contribution in [0.5, 0.6) is 0 Å². The van der Waals surface area contributed by atoms with Gasteiger partial charge in [-0.25, -0.2) is 8.78 Å². The predicted octanol–water partition coefficient (Wildman–Crippen LogP) is 3.98. The van der Waals surface area contributed by atoms with Crippen molar-refractivity contribution in [2.75, 3.05) is 5.88 Å². The number of aryl methyl sites for hydroxylation is 1. The molecule has 0 saturated heterocycles. The van der Waals surface area contributed by atoms with Crippen molar-refractivity contribution in [3.05, 3.63) is 70.8 Å². The summed E-state index contributed by atoms with van der Waals surface area (Å²) in [5.41, 5.74) is 0.402. The zero-order valence-corrected chi connectivity index (χ0v) is 12.1. The third-order valence-corrected chi connectivity index (χ3v) is 3.48. The maximum atomic E-state index is 13.9. The number of hydrogen-bond acceptors (Lipinski definition) is 1. The second-order valence-electron chi connectivity index (χ2n) is 4.64. The van der Waals surface area contributed by atoms with E-state index in [9.17, 15) is 13.6 Å². The number of amides is 1. The summed E-state index contributed by atoms with van der Waals surface area (Å²) in [6, 6.07) is 10.9. The summed E-state index contributed by atoms with van der Waals surface area (Å²) in [4.78, 5) is 12.1. The molecule has 0 aliphatic heterocycles. The first-order valence-electron chi connectivity index (χ1n) is 6.41. The van der Waals surface area contributed by atoms with Gasteiger partial charge in [0.05, 0.1) is 6.04 Å². The molecule has 2 aromatic carbocycles. The Hall–Kier alpha value is -1.94. The summed E-state index contributed by atoms with van der Waals surface area (Å²) >= 11 is 5.84. The Kier molecular flexibility index (Phi) is 4.91. The highest BCUT2D eigenvalue weighted by molar-refractivity contribution is 6.18. The molecular formula is C16H14ClF2NO. The lowest BCUT2D eigenvalue weighted by Crippen LogP contribution is -2.31. The number of carbonyl (C=O) groups is 1. The summed E-state index contributed by atoms with van der Waals surface area (Å²) in [6.45, 7) is 1.47. The fourth-order valence-electron chi connectivity index (χ4n) is 1.99. The van der Waals surface area contributed by atoms with Gasteiger partial charge in [0.15, 0.2) is 0 Å². The van der Waals surface area contributed by atoms with Crippen molar-refractivity contribution >= 4 is 17.5 Å². The number of halogens is 3. The SMILES string of the molecule is Cc1ccc(F)c(C(=O)NC(CCl)c2ccccc2)c1F. The smallest absolute Gasteiger partial charge is 0.257 e. The molecule has 5 heteroatoms. The van der Waals surface area contributed by atoms with Gasteiger partial charge >= 0.3 is 0 Å². The Morgan fingerprint density at radius 2 is 1.86 bits per heavy atom. The molecule has 110 valence electrons. The largest absolute Gasteiger partial charge is 0.344 e. The van der Waals surface area contributed by atoms with Gasteiger partial charge in [0.25, 0.3) is 5.91 Å². The monoisotopic (exact) mass is 309 g/mol. The maximum absolute atomic E-state index is 13.9. The summed E-state index contributed by atoms with van der Waals surface area (Å²) < 4.78 is 27.6. The van der Waals surface area contributed by atoms with Gasteiger partial charge in [-0.15, -0.1) is 11.6 Å². The highest BCUT2D eigenvalue weighted by atomic mass is 35.5. The fourth-order valence-corrected chi connectivity index (χ4v) is 2.25. The van der Waals surface area contributed by atoms with E-state index in [2.05, 4.69) is 5.32 Å². The van der Waals surface area contributed by atoms with Crippen LogP contribution in [0.4, 0.5) is 8.78 Å². The van der Waals surface area contributed by atoms with Crippen LogP contribution in [0, 0.1) is 18.6 Å². The number of benzene rings is 2. The number of alkyl halides is 1. The molecule has 2 nitrogen and oxygen atoms in total. The van der Waals surface area contributed by atoms with Crippen molar-refractivity contribution in [1.82, 2.24) is 5.32 Å². The van der Waals surface area contributed by atoms with Crippen LogP contribution in [0.1, 0.15) is 27.5 Å². The van der Waals surface area contributed by atoms with Gasteiger partial charge in [-0.2, -0.15) is 0 Å². The summed E-state index contributed by atoms with van der Waals surface area (Å²) in [5, 5.41) is 2.56.